The van der Waals surface area contributed by atoms with Crippen molar-refractivity contribution in [1.82, 2.24) is 20.9 Å². The van der Waals surface area contributed by atoms with Crippen LogP contribution in [0.4, 0.5) is 0 Å². The molecule has 1 heterocycles. The third-order valence-corrected chi connectivity index (χ3v) is 9.99. The van der Waals surface area contributed by atoms with E-state index in [0.29, 0.717) is 38.5 Å². The van der Waals surface area contributed by atoms with Gasteiger partial charge < -0.3 is 88.9 Å². The van der Waals surface area contributed by atoms with Crippen molar-refractivity contribution in [3.63, 3.8) is 0 Å². The van der Waals surface area contributed by atoms with Gasteiger partial charge >= 0.3 is 11.9 Å². The Kier molecular flexibility index (Phi) is 46.3. The van der Waals surface area contributed by atoms with Crippen LogP contribution in [0, 0.1) is 0 Å². The van der Waals surface area contributed by atoms with Crippen molar-refractivity contribution < 1.29 is 106 Å². The fourth-order valence-corrected chi connectivity index (χ4v) is 5.53. The van der Waals surface area contributed by atoms with Gasteiger partial charge in [0.05, 0.1) is 76.9 Å². The number of aliphatic hydroxyl groups excluding tert-OH is 5. The minimum absolute atomic E-state index is 0.00954. The van der Waals surface area contributed by atoms with Gasteiger partial charge in [0.1, 0.15) is 13.2 Å². The molecule has 6 atom stereocenters. The topological polar surface area (TPSA) is 352 Å². The molecule has 0 bridgehead atoms. The number of nitrogens with one attached hydrogen (secondary N) is 3. The molecule has 0 aliphatic carbocycles. The maximum absolute atomic E-state index is 11.9. The third kappa shape index (κ3) is 39.7. The minimum Gasteiger partial charge on any atom is -0.513 e. The summed E-state index contributed by atoms with van der Waals surface area (Å²) >= 11 is 0. The summed E-state index contributed by atoms with van der Waals surface area (Å²) in [6.07, 6.45) is 2.87. The van der Waals surface area contributed by atoms with Crippen molar-refractivity contribution in [2.45, 2.75) is 129 Å². The number of ether oxygens (including phenoxy) is 10. The van der Waals surface area contributed by atoms with Crippen molar-refractivity contribution in [3.05, 3.63) is 24.5 Å². The molecule has 0 radical (unpaired) electrons. The number of carbonyl (C=O) groups is 7. The number of imide groups is 1. The van der Waals surface area contributed by atoms with Crippen LogP contribution in [-0.2, 0) is 80.9 Å². The lowest BCUT2D eigenvalue weighted by Gasteiger charge is -2.21. The highest BCUT2D eigenvalue weighted by Gasteiger charge is 2.24. The molecule has 0 spiro atoms. The summed E-state index contributed by atoms with van der Waals surface area (Å²) in [7, 11) is 4.30. The van der Waals surface area contributed by atoms with E-state index in [1.807, 2.05) is 20.8 Å². The van der Waals surface area contributed by atoms with Gasteiger partial charge in [-0.3, -0.25) is 38.5 Å². The zero-order valence-electron chi connectivity index (χ0n) is 44.1. The van der Waals surface area contributed by atoms with Gasteiger partial charge in [-0.15, -0.1) is 0 Å². The molecule has 0 saturated heterocycles. The van der Waals surface area contributed by atoms with Crippen molar-refractivity contribution in [3.8, 4) is 0 Å². The minimum atomic E-state index is -0.784. The second-order valence-electron chi connectivity index (χ2n) is 15.8. The van der Waals surface area contributed by atoms with Gasteiger partial charge in [0, 0.05) is 98.2 Å². The van der Waals surface area contributed by atoms with Gasteiger partial charge in [0.2, 0.25) is 17.7 Å². The van der Waals surface area contributed by atoms with Crippen molar-refractivity contribution in [1.29, 1.82) is 0 Å². The van der Waals surface area contributed by atoms with Crippen LogP contribution < -0.4 is 16.0 Å². The number of rotatable bonds is 43. The first-order valence-corrected chi connectivity index (χ1v) is 24.7. The van der Waals surface area contributed by atoms with E-state index >= 15 is 0 Å². The van der Waals surface area contributed by atoms with E-state index in [0.717, 1.165) is 4.90 Å². The lowest BCUT2D eigenvalue weighted by atomic mass is 10.2. The molecule has 0 aromatic heterocycles. The summed E-state index contributed by atoms with van der Waals surface area (Å²) in [6, 6.07) is 0. The fourth-order valence-electron chi connectivity index (χ4n) is 5.53. The number of hydrogen-bond acceptors (Lipinski definition) is 22. The highest BCUT2D eigenvalue weighted by Crippen LogP contribution is 2.09. The maximum atomic E-state index is 11.9. The first-order valence-electron chi connectivity index (χ1n) is 24.7. The lowest BCUT2D eigenvalue weighted by molar-refractivity contribution is -0.194. The molecule has 0 aromatic rings. The van der Waals surface area contributed by atoms with E-state index in [-0.39, 0.29) is 166 Å². The van der Waals surface area contributed by atoms with E-state index in [2.05, 4.69) is 22.5 Å². The van der Waals surface area contributed by atoms with Crippen molar-refractivity contribution >= 4 is 41.5 Å². The number of hydrogen-bond donors (Lipinski definition) is 8. The standard InChI is InChI=1S/C28H46N4O12.C13H24O6.C7H16O4/c1-3-21(19-33)44-28(40-2)20-43-27(39)6-4-5-22(34)29-11-12-30-24(36)10-15-41-17-18-42-16-13-31-23(35)9-14-32-25(37)7-8-26(32)38;1-4-11(8-14)19-13(17-3)9-18-12(16)7-5-6-10(2)15;1-3-6(4-8)11-7(5-9)10-2/h7-8,21,28,33H,3-6,9-20H2,1-2H3,(H,29,34)(H,30,36)(H,31,35);11,13-15H,2,4-9H2,1,3H3;6-9H,3-5H2,1-2H3. The quantitative estimate of drug-likeness (QED) is 0.0129. The Labute approximate surface area is 434 Å². The van der Waals surface area contributed by atoms with Gasteiger partial charge in [-0.2, -0.15) is 0 Å². The molecule has 5 amide bonds. The average molecular weight is 1070 g/mol. The summed E-state index contributed by atoms with van der Waals surface area (Å²) in [4.78, 5) is 82.7. The second-order valence-corrected chi connectivity index (χ2v) is 15.8. The molecule has 26 nitrogen and oxygen atoms in total. The van der Waals surface area contributed by atoms with Crippen LogP contribution in [-0.4, -0.2) is 223 Å². The van der Waals surface area contributed by atoms with Crippen LogP contribution in [0.2, 0.25) is 0 Å². The fraction of sp³-hybridized carbons (Fsp3) is 0.771. The molecule has 26 heteroatoms. The SMILES string of the molecule is C=C(O)CCCC(=O)OCC(OC)OC(CC)CO.CCC(CO)OC(CO)OC.CCC(CO)OC(COC(=O)CCCC(=O)NCCNC(=O)CCOCCOCCNC(=O)CCN1C(=O)C=CC1=O)OC. The summed E-state index contributed by atoms with van der Waals surface area (Å²) in [5, 5.41) is 52.3. The predicted octanol–water partition coefficient (Wildman–Crippen LogP) is -0.183. The monoisotopic (exact) mass is 1070 g/mol. The van der Waals surface area contributed by atoms with Crippen LogP contribution in [0.3, 0.4) is 0 Å². The molecule has 6 unspecified atom stereocenters. The molecule has 0 saturated carbocycles. The van der Waals surface area contributed by atoms with Crippen LogP contribution >= 0.6 is 0 Å². The summed E-state index contributed by atoms with van der Waals surface area (Å²) in [6.45, 7) is 10.1. The lowest BCUT2D eigenvalue weighted by Crippen LogP contribution is -2.35. The van der Waals surface area contributed by atoms with Gasteiger partial charge in [0.15, 0.2) is 18.9 Å². The van der Waals surface area contributed by atoms with Gasteiger partial charge in [0.25, 0.3) is 11.8 Å². The molecule has 0 fully saturated rings. The van der Waals surface area contributed by atoms with Gasteiger partial charge in [-0.1, -0.05) is 27.4 Å². The van der Waals surface area contributed by atoms with Gasteiger partial charge in [-0.25, -0.2) is 0 Å². The Morgan fingerprint density at radius 3 is 1.36 bits per heavy atom. The molecule has 8 N–H and O–H groups in total. The highest BCUT2D eigenvalue weighted by atomic mass is 16.7. The number of methoxy groups -OCH3 is 3. The van der Waals surface area contributed by atoms with Crippen LogP contribution in [0.5, 0.6) is 0 Å². The van der Waals surface area contributed by atoms with E-state index < -0.39 is 42.8 Å². The number of amides is 5. The average Bonchev–Trinajstić information content (AvgIpc) is 3.72. The molecular weight excluding hydrogens is 985 g/mol. The van der Waals surface area contributed by atoms with E-state index in [1.54, 1.807) is 0 Å². The smallest absolute Gasteiger partial charge is 0.305 e. The largest absolute Gasteiger partial charge is 0.513 e. The Morgan fingerprint density at radius 1 is 0.541 bits per heavy atom. The normalized spacial score (nSPS) is 14.3. The van der Waals surface area contributed by atoms with E-state index in [4.69, 9.17) is 67.8 Å². The van der Waals surface area contributed by atoms with E-state index in [1.165, 1.54) is 33.5 Å². The first-order chi connectivity index (χ1) is 35.5. The Balaban J connectivity index is 0. The molecular formula is C48H86N4O22. The van der Waals surface area contributed by atoms with Gasteiger partial charge in [-0.05, 0) is 32.1 Å². The number of nitrogens with zero attached hydrogens (tertiary/aromatic N) is 1. The van der Waals surface area contributed by atoms with Crippen molar-refractivity contribution in [2.75, 3.05) is 114 Å². The van der Waals surface area contributed by atoms with Crippen molar-refractivity contribution in [2.24, 2.45) is 0 Å². The second kappa shape index (κ2) is 48.0. The number of allylic oxidation sites excluding steroid dienone is 1. The number of carbonyl (C=O) groups excluding carboxylic acids is 7. The molecule has 430 valence electrons. The molecule has 74 heavy (non-hydrogen) atoms. The Bertz CT molecular complexity index is 1530. The van der Waals surface area contributed by atoms with E-state index in [9.17, 15) is 38.7 Å². The number of aliphatic hydroxyl groups is 5. The molecule has 1 rings (SSSR count). The predicted molar refractivity (Wildman–Crippen MR) is 263 cm³/mol. The summed E-state index contributed by atoms with van der Waals surface area (Å²) < 4.78 is 51.6. The Hall–Kier alpha value is -4.71. The maximum Gasteiger partial charge on any atom is 0.305 e. The molecule has 0 aromatic carbocycles. The van der Waals surface area contributed by atoms with Crippen LogP contribution in [0.25, 0.3) is 0 Å². The molecule has 1 aliphatic rings. The Morgan fingerprint density at radius 2 is 0.946 bits per heavy atom. The zero-order valence-corrected chi connectivity index (χ0v) is 44.1. The summed E-state index contributed by atoms with van der Waals surface area (Å²) in [5.41, 5.74) is 0. The molecule has 1 aliphatic heterocycles. The van der Waals surface area contributed by atoms with Crippen LogP contribution in [0.15, 0.2) is 24.5 Å². The highest BCUT2D eigenvalue weighted by molar-refractivity contribution is 6.13. The zero-order chi connectivity index (χ0) is 55.9. The van der Waals surface area contributed by atoms with Crippen LogP contribution in [0.1, 0.15) is 91.4 Å². The third-order valence-electron chi connectivity index (χ3n) is 9.99. The first kappa shape index (κ1) is 71.4. The summed E-state index contributed by atoms with van der Waals surface area (Å²) in [5.74, 6) is -2.47. The number of esters is 2.